The standard InChI is InChI=1S/C6H10N2O4S/c1-2-3-4-5(9)7-13(11,12)8-6(4)10/h4H,2-3H2,1H3,(H,7,9)(H,8,10). The van der Waals surface area contributed by atoms with E-state index in [9.17, 15) is 18.0 Å². The van der Waals surface area contributed by atoms with Crippen LogP contribution in [0.15, 0.2) is 0 Å². The molecule has 0 bridgehead atoms. The molecule has 2 amide bonds. The summed E-state index contributed by atoms with van der Waals surface area (Å²) in [7, 11) is -3.93. The Hall–Kier alpha value is -1.11. The van der Waals surface area contributed by atoms with Crippen LogP contribution in [0.5, 0.6) is 0 Å². The zero-order chi connectivity index (χ0) is 10.1. The Kier molecular flexibility index (Phi) is 2.55. The second kappa shape index (κ2) is 3.33. The van der Waals surface area contributed by atoms with Gasteiger partial charge in [0.05, 0.1) is 0 Å². The number of nitrogens with one attached hydrogen (secondary N) is 2. The Balaban J connectivity index is 2.83. The first-order valence-electron chi connectivity index (χ1n) is 3.84. The minimum Gasteiger partial charge on any atom is -0.273 e. The summed E-state index contributed by atoms with van der Waals surface area (Å²) < 4.78 is 25.0. The highest BCUT2D eigenvalue weighted by Gasteiger charge is 2.36. The van der Waals surface area contributed by atoms with Gasteiger partial charge < -0.3 is 0 Å². The largest absolute Gasteiger partial charge is 0.325 e. The van der Waals surface area contributed by atoms with Gasteiger partial charge in [0.2, 0.25) is 11.8 Å². The number of rotatable bonds is 2. The highest BCUT2D eigenvalue weighted by atomic mass is 32.2. The minimum atomic E-state index is -3.93. The van der Waals surface area contributed by atoms with E-state index in [4.69, 9.17) is 0 Å². The molecule has 1 saturated heterocycles. The molecule has 1 heterocycles. The molecule has 0 unspecified atom stereocenters. The average Bonchev–Trinajstić information content (AvgIpc) is 1.94. The lowest BCUT2D eigenvalue weighted by Gasteiger charge is -2.20. The van der Waals surface area contributed by atoms with Crippen LogP contribution in [-0.2, 0) is 19.8 Å². The van der Waals surface area contributed by atoms with Crippen molar-refractivity contribution < 1.29 is 18.0 Å². The topological polar surface area (TPSA) is 92.3 Å². The van der Waals surface area contributed by atoms with E-state index in [1.54, 1.807) is 9.44 Å². The van der Waals surface area contributed by atoms with E-state index in [2.05, 4.69) is 0 Å². The van der Waals surface area contributed by atoms with Crippen LogP contribution < -0.4 is 9.44 Å². The Morgan fingerprint density at radius 3 is 2.08 bits per heavy atom. The van der Waals surface area contributed by atoms with Gasteiger partial charge in [0.15, 0.2) is 0 Å². The average molecular weight is 206 g/mol. The quantitative estimate of drug-likeness (QED) is 0.560. The van der Waals surface area contributed by atoms with Crippen molar-refractivity contribution in [3.05, 3.63) is 0 Å². The lowest BCUT2D eigenvalue weighted by atomic mass is 10.0. The van der Waals surface area contributed by atoms with E-state index in [1.807, 2.05) is 6.92 Å². The summed E-state index contributed by atoms with van der Waals surface area (Å²) in [6.07, 6.45) is 0.999. The van der Waals surface area contributed by atoms with Crippen molar-refractivity contribution in [1.82, 2.24) is 9.44 Å². The molecule has 1 aliphatic rings. The van der Waals surface area contributed by atoms with Gasteiger partial charge in [-0.15, -0.1) is 0 Å². The smallest absolute Gasteiger partial charge is 0.273 e. The molecule has 74 valence electrons. The predicted octanol–water partition coefficient (Wildman–Crippen LogP) is -1.11. The van der Waals surface area contributed by atoms with Crippen LogP contribution in [0, 0.1) is 5.92 Å². The molecule has 0 atom stereocenters. The fourth-order valence-corrected chi connectivity index (χ4v) is 1.97. The number of carbonyl (C=O) groups excluding carboxylic acids is 2. The Morgan fingerprint density at radius 2 is 1.69 bits per heavy atom. The molecule has 0 aliphatic carbocycles. The maximum Gasteiger partial charge on any atom is 0.325 e. The van der Waals surface area contributed by atoms with Gasteiger partial charge in [0.25, 0.3) is 0 Å². The Morgan fingerprint density at radius 1 is 1.23 bits per heavy atom. The molecule has 1 fully saturated rings. The predicted molar refractivity (Wildman–Crippen MR) is 43.6 cm³/mol. The Labute approximate surface area is 75.9 Å². The molecule has 0 aromatic heterocycles. The third kappa shape index (κ3) is 2.18. The third-order valence-electron chi connectivity index (χ3n) is 1.68. The lowest BCUT2D eigenvalue weighted by molar-refractivity contribution is -0.134. The highest BCUT2D eigenvalue weighted by molar-refractivity contribution is 7.88. The van der Waals surface area contributed by atoms with Crippen molar-refractivity contribution in [2.45, 2.75) is 19.8 Å². The summed E-state index contributed by atoms with van der Waals surface area (Å²) in [6, 6.07) is 0. The van der Waals surface area contributed by atoms with Gasteiger partial charge in [-0.25, -0.2) is 9.44 Å². The van der Waals surface area contributed by atoms with Crippen molar-refractivity contribution in [2.24, 2.45) is 5.92 Å². The fraction of sp³-hybridized carbons (Fsp3) is 0.667. The molecule has 1 rings (SSSR count). The van der Waals surface area contributed by atoms with Gasteiger partial charge in [-0.05, 0) is 6.42 Å². The lowest BCUT2D eigenvalue weighted by Crippen LogP contribution is -2.55. The molecule has 0 aromatic rings. The summed E-state index contributed by atoms with van der Waals surface area (Å²) in [4.78, 5) is 22.1. The summed E-state index contributed by atoms with van der Waals surface area (Å²) in [5.41, 5.74) is 0. The molecule has 2 N–H and O–H groups in total. The second-order valence-corrected chi connectivity index (χ2v) is 4.19. The summed E-state index contributed by atoms with van der Waals surface area (Å²) >= 11 is 0. The number of carbonyl (C=O) groups is 2. The molecule has 0 spiro atoms. The van der Waals surface area contributed by atoms with Gasteiger partial charge in [-0.2, -0.15) is 8.42 Å². The summed E-state index contributed by atoms with van der Waals surface area (Å²) in [5.74, 6) is -2.37. The van der Waals surface area contributed by atoms with Gasteiger partial charge in [0.1, 0.15) is 5.92 Å². The zero-order valence-corrected chi connectivity index (χ0v) is 7.85. The normalized spacial score (nSPS) is 22.2. The van der Waals surface area contributed by atoms with E-state index < -0.39 is 27.9 Å². The van der Waals surface area contributed by atoms with E-state index in [-0.39, 0.29) is 0 Å². The van der Waals surface area contributed by atoms with Crippen molar-refractivity contribution in [3.63, 3.8) is 0 Å². The molecule has 6 nitrogen and oxygen atoms in total. The van der Waals surface area contributed by atoms with Crippen LogP contribution >= 0.6 is 0 Å². The molecule has 0 radical (unpaired) electrons. The van der Waals surface area contributed by atoms with Crippen LogP contribution in [-0.4, -0.2) is 20.2 Å². The molecule has 13 heavy (non-hydrogen) atoms. The number of hydrogen-bond donors (Lipinski definition) is 2. The maximum absolute atomic E-state index is 11.1. The highest BCUT2D eigenvalue weighted by Crippen LogP contribution is 2.10. The van der Waals surface area contributed by atoms with Crippen molar-refractivity contribution >= 4 is 22.0 Å². The molecule has 0 saturated carbocycles. The van der Waals surface area contributed by atoms with E-state index in [1.165, 1.54) is 0 Å². The first-order valence-corrected chi connectivity index (χ1v) is 5.33. The molecule has 7 heteroatoms. The van der Waals surface area contributed by atoms with Crippen molar-refractivity contribution in [2.75, 3.05) is 0 Å². The first-order chi connectivity index (χ1) is 5.96. The monoisotopic (exact) mass is 206 g/mol. The Bertz CT molecular complexity index is 311. The number of amides is 2. The SMILES string of the molecule is CCCC1C(=O)NS(=O)(=O)NC1=O. The van der Waals surface area contributed by atoms with E-state index in [0.29, 0.717) is 12.8 Å². The first kappa shape index (κ1) is 9.97. The third-order valence-corrected chi connectivity index (χ3v) is 2.62. The second-order valence-electron chi connectivity index (χ2n) is 2.78. The molecular weight excluding hydrogens is 196 g/mol. The van der Waals surface area contributed by atoms with Crippen molar-refractivity contribution in [3.8, 4) is 0 Å². The van der Waals surface area contributed by atoms with Crippen LogP contribution in [0.2, 0.25) is 0 Å². The molecule has 1 aliphatic heterocycles. The maximum atomic E-state index is 11.1. The summed E-state index contributed by atoms with van der Waals surface area (Å²) in [5, 5.41) is 0. The van der Waals surface area contributed by atoms with E-state index in [0.717, 1.165) is 0 Å². The summed E-state index contributed by atoms with van der Waals surface area (Å²) in [6.45, 7) is 1.81. The number of hydrogen-bond acceptors (Lipinski definition) is 4. The van der Waals surface area contributed by atoms with Gasteiger partial charge in [-0.1, -0.05) is 13.3 Å². The van der Waals surface area contributed by atoms with Crippen LogP contribution in [0.3, 0.4) is 0 Å². The molecule has 0 aromatic carbocycles. The van der Waals surface area contributed by atoms with Gasteiger partial charge in [-0.3, -0.25) is 9.59 Å². The minimum absolute atomic E-state index is 0.354. The van der Waals surface area contributed by atoms with Crippen LogP contribution in [0.25, 0.3) is 0 Å². The van der Waals surface area contributed by atoms with E-state index >= 15 is 0 Å². The molecular formula is C6H10N2O4S. The van der Waals surface area contributed by atoms with Gasteiger partial charge in [0, 0.05) is 0 Å². The van der Waals surface area contributed by atoms with Gasteiger partial charge >= 0.3 is 10.2 Å². The van der Waals surface area contributed by atoms with Crippen LogP contribution in [0.1, 0.15) is 19.8 Å². The fourth-order valence-electron chi connectivity index (χ4n) is 1.10. The van der Waals surface area contributed by atoms with Crippen LogP contribution in [0.4, 0.5) is 0 Å². The zero-order valence-electron chi connectivity index (χ0n) is 7.03. The van der Waals surface area contributed by atoms with Crippen molar-refractivity contribution in [1.29, 1.82) is 0 Å².